The second-order valence-corrected chi connectivity index (χ2v) is 7.17. The van der Waals surface area contributed by atoms with E-state index in [0.29, 0.717) is 19.0 Å². The summed E-state index contributed by atoms with van der Waals surface area (Å²) < 4.78 is 0. The molecule has 5 nitrogen and oxygen atoms in total. The first-order chi connectivity index (χ1) is 11.2. The van der Waals surface area contributed by atoms with Gasteiger partial charge in [0.1, 0.15) is 0 Å². The molecule has 3 N–H and O–H groups in total. The van der Waals surface area contributed by atoms with Gasteiger partial charge < -0.3 is 20.2 Å². The molecule has 0 saturated heterocycles. The van der Waals surface area contributed by atoms with Crippen molar-refractivity contribution in [2.45, 2.75) is 59.0 Å². The summed E-state index contributed by atoms with van der Waals surface area (Å²) in [5.74, 6) is 0.487. The number of nitrogens with zero attached hydrogens (tertiary/aromatic N) is 2. The van der Waals surface area contributed by atoms with Crippen LogP contribution in [-0.2, 0) is 0 Å². The molecular weight excluding hydrogens is 304 g/mol. The summed E-state index contributed by atoms with van der Waals surface area (Å²) in [7, 11) is 2.19. The zero-order valence-corrected chi connectivity index (χ0v) is 15.8. The first kappa shape index (κ1) is 21.3. The van der Waals surface area contributed by atoms with Gasteiger partial charge in [-0.2, -0.15) is 0 Å². The van der Waals surface area contributed by atoms with Gasteiger partial charge in [-0.1, -0.05) is 44.1 Å². The zero-order valence-electron chi connectivity index (χ0n) is 15.8. The second kappa shape index (κ2) is 10.3. The lowest BCUT2D eigenvalue weighted by molar-refractivity contribution is -0.391. The molecule has 0 amide bonds. The van der Waals surface area contributed by atoms with Gasteiger partial charge in [-0.25, -0.2) is 4.90 Å². The van der Waals surface area contributed by atoms with Crippen molar-refractivity contribution < 1.29 is 15.3 Å². The quantitative estimate of drug-likeness (QED) is 0.543. The summed E-state index contributed by atoms with van der Waals surface area (Å²) in [6.45, 7) is 9.78. The van der Waals surface area contributed by atoms with Gasteiger partial charge in [0.2, 0.25) is 0 Å². The van der Waals surface area contributed by atoms with Crippen LogP contribution in [-0.4, -0.2) is 64.4 Å². The van der Waals surface area contributed by atoms with Gasteiger partial charge in [-0.15, -0.1) is 0 Å². The van der Waals surface area contributed by atoms with Gasteiger partial charge in [-0.3, -0.25) is 0 Å². The molecule has 24 heavy (non-hydrogen) atoms. The van der Waals surface area contributed by atoms with Crippen LogP contribution < -0.4 is 0 Å². The van der Waals surface area contributed by atoms with E-state index in [1.54, 1.807) is 5.57 Å². The highest BCUT2D eigenvalue weighted by atomic mass is 16.7. The molecule has 0 spiro atoms. The third-order valence-corrected chi connectivity index (χ3v) is 4.82. The van der Waals surface area contributed by atoms with Crippen molar-refractivity contribution >= 4 is 0 Å². The van der Waals surface area contributed by atoms with Crippen LogP contribution in [0.4, 0.5) is 0 Å². The summed E-state index contributed by atoms with van der Waals surface area (Å²) in [5, 5.41) is 27.0. The summed E-state index contributed by atoms with van der Waals surface area (Å²) in [4.78, 5) is 3.62. The number of likely N-dealkylation sites (N-methyl/N-ethyl adjacent to an activating group) is 1. The molecule has 2 aliphatic rings. The van der Waals surface area contributed by atoms with E-state index in [4.69, 9.17) is 15.3 Å². The predicted octanol–water partition coefficient (Wildman–Crippen LogP) is 2.30. The monoisotopic (exact) mass is 340 g/mol. The summed E-state index contributed by atoms with van der Waals surface area (Å²) >= 11 is 0. The first-order valence-electron chi connectivity index (χ1n) is 9.21. The maximum atomic E-state index is 9.00. The van der Waals surface area contributed by atoms with Gasteiger partial charge >= 0.3 is 6.10 Å². The molecule has 5 heteroatoms. The molecule has 2 rings (SSSR count). The zero-order chi connectivity index (χ0) is 18.2. The average molecular weight is 341 g/mol. The molecule has 140 valence electrons. The molecule has 0 bridgehead atoms. The molecule has 0 aromatic heterocycles. The summed E-state index contributed by atoms with van der Waals surface area (Å²) in [6, 6.07) is 0. The molecule has 0 aliphatic carbocycles. The van der Waals surface area contributed by atoms with Crippen LogP contribution >= 0.6 is 0 Å². The van der Waals surface area contributed by atoms with Crippen LogP contribution in [0.5, 0.6) is 0 Å². The summed E-state index contributed by atoms with van der Waals surface area (Å²) in [5.41, 5.74) is 2.96. The topological polar surface area (TPSA) is 67.2 Å². The van der Waals surface area contributed by atoms with Crippen LogP contribution in [0.15, 0.2) is 23.3 Å². The van der Waals surface area contributed by atoms with Crippen LogP contribution in [0, 0.1) is 5.92 Å². The minimum atomic E-state index is -2.68. The van der Waals surface area contributed by atoms with Crippen LogP contribution in [0.1, 0.15) is 52.9 Å². The van der Waals surface area contributed by atoms with Crippen molar-refractivity contribution in [2.75, 3.05) is 33.2 Å². The maximum Gasteiger partial charge on any atom is 0.346 e. The van der Waals surface area contributed by atoms with Gasteiger partial charge in [0.15, 0.2) is 0 Å². The molecular formula is C19H36N2O3. The third kappa shape index (κ3) is 7.90. The Labute approximate surface area is 147 Å². The van der Waals surface area contributed by atoms with Crippen LogP contribution in [0.2, 0.25) is 0 Å². The highest BCUT2D eigenvalue weighted by molar-refractivity contribution is 5.07. The number of aliphatic hydroxyl groups is 3. The van der Waals surface area contributed by atoms with E-state index in [2.05, 4.69) is 38.8 Å². The van der Waals surface area contributed by atoms with Crippen molar-refractivity contribution in [2.24, 2.45) is 5.92 Å². The van der Waals surface area contributed by atoms with E-state index in [-0.39, 0.29) is 0 Å². The molecule has 0 aromatic rings. The Bertz CT molecular complexity index is 425. The molecule has 2 heterocycles. The number of allylic oxidation sites excluding steroid dienone is 2. The lowest BCUT2D eigenvalue weighted by Crippen LogP contribution is -2.48. The molecule has 0 fully saturated rings. The Kier molecular flexibility index (Phi) is 9.16. The van der Waals surface area contributed by atoms with E-state index in [1.165, 1.54) is 36.3 Å². The smallest absolute Gasteiger partial charge is 0.330 e. The van der Waals surface area contributed by atoms with Crippen molar-refractivity contribution in [3.8, 4) is 0 Å². The van der Waals surface area contributed by atoms with Gasteiger partial charge in [0.05, 0.1) is 0 Å². The standard InChI is InChI=1S/C10H19NO3.C9H17N/c1-8(2)9-4-3-6-11(7-5-9)10(12,13)14;1-3-9-5-4-7-10(2)8-6-9/h5,8,12-14H,3-4,6-7H2,1-2H3;6H,3-5,7-8H2,1-2H3. The average Bonchev–Trinajstić information content (AvgIpc) is 2.87. The van der Waals surface area contributed by atoms with Gasteiger partial charge in [-0.05, 0) is 51.6 Å². The fourth-order valence-corrected chi connectivity index (χ4v) is 3.07. The Morgan fingerprint density at radius 2 is 1.71 bits per heavy atom. The molecule has 0 aromatic carbocycles. The van der Waals surface area contributed by atoms with E-state index >= 15 is 0 Å². The minimum absolute atomic E-state index is 0.386. The lowest BCUT2D eigenvalue weighted by atomic mass is 9.99. The Balaban J connectivity index is 0.000000254. The van der Waals surface area contributed by atoms with Crippen molar-refractivity contribution in [1.29, 1.82) is 0 Å². The Hall–Kier alpha value is -0.720. The van der Waals surface area contributed by atoms with Crippen LogP contribution in [0.3, 0.4) is 0 Å². The molecule has 0 unspecified atom stereocenters. The number of rotatable bonds is 3. The maximum absolute atomic E-state index is 9.00. The normalized spacial score (nSPS) is 21.3. The van der Waals surface area contributed by atoms with Crippen LogP contribution in [0.25, 0.3) is 0 Å². The van der Waals surface area contributed by atoms with E-state index in [0.717, 1.165) is 19.4 Å². The van der Waals surface area contributed by atoms with E-state index < -0.39 is 6.10 Å². The van der Waals surface area contributed by atoms with Gasteiger partial charge in [0, 0.05) is 19.6 Å². The molecule has 0 atom stereocenters. The van der Waals surface area contributed by atoms with E-state index in [1.807, 2.05) is 6.08 Å². The minimum Gasteiger partial charge on any atom is -0.330 e. The summed E-state index contributed by atoms with van der Waals surface area (Å²) in [6.07, 6.45) is 7.38. The molecule has 2 aliphatic heterocycles. The molecule has 0 saturated carbocycles. The Morgan fingerprint density at radius 1 is 1.04 bits per heavy atom. The van der Waals surface area contributed by atoms with Gasteiger partial charge in [0.25, 0.3) is 0 Å². The fourth-order valence-electron chi connectivity index (χ4n) is 3.07. The van der Waals surface area contributed by atoms with Crippen molar-refractivity contribution in [1.82, 2.24) is 9.80 Å². The largest absolute Gasteiger partial charge is 0.346 e. The number of hydrogen-bond acceptors (Lipinski definition) is 5. The Morgan fingerprint density at radius 3 is 2.29 bits per heavy atom. The first-order valence-corrected chi connectivity index (χ1v) is 9.21. The lowest BCUT2D eigenvalue weighted by Gasteiger charge is -2.27. The SMILES string of the molecule is CC(C)C1=CCN(C(O)(O)O)CCC1.CCC1=CCN(C)CCC1. The highest BCUT2D eigenvalue weighted by Gasteiger charge is 2.29. The molecule has 0 radical (unpaired) electrons. The van der Waals surface area contributed by atoms with Crippen molar-refractivity contribution in [3.63, 3.8) is 0 Å². The third-order valence-electron chi connectivity index (χ3n) is 4.82. The van der Waals surface area contributed by atoms with E-state index in [9.17, 15) is 0 Å². The van der Waals surface area contributed by atoms with Crippen molar-refractivity contribution in [3.05, 3.63) is 23.3 Å². The highest BCUT2D eigenvalue weighted by Crippen LogP contribution is 2.21. The predicted molar refractivity (Wildman–Crippen MR) is 98.2 cm³/mol. The number of hydrogen-bond donors (Lipinski definition) is 3. The second-order valence-electron chi connectivity index (χ2n) is 7.17. The fraction of sp³-hybridized carbons (Fsp3) is 0.789.